The van der Waals surface area contributed by atoms with E-state index in [9.17, 15) is 4.79 Å². The molecule has 17 heavy (non-hydrogen) atoms. The molecule has 4 heteroatoms. The summed E-state index contributed by atoms with van der Waals surface area (Å²) in [5, 5.41) is 0. The highest BCUT2D eigenvalue weighted by Gasteiger charge is 2.39. The Morgan fingerprint density at radius 3 is 2.35 bits per heavy atom. The Morgan fingerprint density at radius 1 is 1.18 bits per heavy atom. The van der Waals surface area contributed by atoms with E-state index < -0.39 is 0 Å². The van der Waals surface area contributed by atoms with E-state index in [0.717, 1.165) is 0 Å². The lowest BCUT2D eigenvalue weighted by Crippen LogP contribution is -2.47. The molecule has 1 aliphatic rings. The van der Waals surface area contributed by atoms with E-state index in [1.54, 1.807) is 0 Å². The predicted molar refractivity (Wildman–Crippen MR) is 64.4 cm³/mol. The van der Waals surface area contributed by atoms with Gasteiger partial charge in [-0.05, 0) is 18.8 Å². The molecular formula is C13H24O4. The van der Waals surface area contributed by atoms with Gasteiger partial charge in [0.1, 0.15) is 6.61 Å². The quantitative estimate of drug-likeness (QED) is 0.711. The fraction of sp³-hybridized carbons (Fsp3) is 0.923. The Morgan fingerprint density at radius 2 is 1.82 bits per heavy atom. The van der Waals surface area contributed by atoms with Crippen LogP contribution in [0.5, 0.6) is 0 Å². The van der Waals surface area contributed by atoms with Gasteiger partial charge in [-0.25, -0.2) is 0 Å². The van der Waals surface area contributed by atoms with Gasteiger partial charge >= 0.3 is 5.97 Å². The molecule has 0 saturated carbocycles. The summed E-state index contributed by atoms with van der Waals surface area (Å²) in [6.07, 6.45) is -0.256. The summed E-state index contributed by atoms with van der Waals surface area (Å²) < 4.78 is 16.5. The molecule has 0 radical (unpaired) electrons. The first kappa shape index (κ1) is 14.5. The lowest BCUT2D eigenvalue weighted by atomic mass is 9.79. The normalized spacial score (nSPS) is 37.8. The zero-order valence-electron chi connectivity index (χ0n) is 11.4. The standard InChI is InChI=1S/C13H24O4/c1-6-15-13-10(4)8(2)9(3)12(17-13)7-16-11(5)14/h8-10,12-13H,6-7H2,1-5H3/t8-,9+,10?,12?,13+/m0/s1. The molecule has 1 heterocycles. The number of esters is 1. The molecule has 1 aliphatic heterocycles. The highest BCUT2D eigenvalue weighted by molar-refractivity contribution is 5.65. The van der Waals surface area contributed by atoms with Crippen molar-refractivity contribution in [1.82, 2.24) is 0 Å². The van der Waals surface area contributed by atoms with Crippen molar-refractivity contribution in [3.63, 3.8) is 0 Å². The molecular weight excluding hydrogens is 220 g/mol. The summed E-state index contributed by atoms with van der Waals surface area (Å²) in [5.41, 5.74) is 0. The SMILES string of the molecule is CCO[C@@H]1OC(COC(C)=O)[C@H](C)[C@H](C)C1C. The van der Waals surface area contributed by atoms with Crippen LogP contribution in [0.1, 0.15) is 34.6 Å². The number of carbonyl (C=O) groups excluding carboxylic acids is 1. The topological polar surface area (TPSA) is 44.8 Å². The third kappa shape index (κ3) is 3.68. The first-order valence-electron chi connectivity index (χ1n) is 6.37. The molecule has 1 saturated heterocycles. The first-order valence-corrected chi connectivity index (χ1v) is 6.37. The van der Waals surface area contributed by atoms with Crippen molar-refractivity contribution in [3.05, 3.63) is 0 Å². The van der Waals surface area contributed by atoms with Crippen molar-refractivity contribution in [1.29, 1.82) is 0 Å². The largest absolute Gasteiger partial charge is 0.463 e. The number of ether oxygens (including phenoxy) is 3. The molecule has 0 aliphatic carbocycles. The van der Waals surface area contributed by atoms with E-state index in [1.807, 2.05) is 6.92 Å². The molecule has 4 nitrogen and oxygen atoms in total. The third-order valence-corrected chi connectivity index (χ3v) is 3.77. The van der Waals surface area contributed by atoms with Gasteiger partial charge in [0.25, 0.3) is 0 Å². The van der Waals surface area contributed by atoms with E-state index in [0.29, 0.717) is 31.0 Å². The van der Waals surface area contributed by atoms with Gasteiger partial charge in [0, 0.05) is 19.4 Å². The molecule has 0 spiro atoms. The smallest absolute Gasteiger partial charge is 0.302 e. The maximum absolute atomic E-state index is 10.8. The number of hydrogen-bond donors (Lipinski definition) is 0. The third-order valence-electron chi connectivity index (χ3n) is 3.77. The maximum atomic E-state index is 10.8. The summed E-state index contributed by atoms with van der Waals surface area (Å²) in [6.45, 7) is 10.8. The Bertz CT molecular complexity index is 254. The Labute approximate surface area is 104 Å². The summed E-state index contributed by atoms with van der Waals surface area (Å²) in [6, 6.07) is 0. The van der Waals surface area contributed by atoms with E-state index >= 15 is 0 Å². The van der Waals surface area contributed by atoms with Crippen molar-refractivity contribution < 1.29 is 19.0 Å². The van der Waals surface area contributed by atoms with Gasteiger partial charge in [0.2, 0.25) is 0 Å². The Kier molecular flexibility index (Phi) is 5.40. The lowest BCUT2D eigenvalue weighted by Gasteiger charge is -2.42. The summed E-state index contributed by atoms with van der Waals surface area (Å²) >= 11 is 0. The zero-order valence-corrected chi connectivity index (χ0v) is 11.4. The van der Waals surface area contributed by atoms with Crippen LogP contribution >= 0.6 is 0 Å². The number of hydrogen-bond acceptors (Lipinski definition) is 4. The van der Waals surface area contributed by atoms with E-state index in [1.165, 1.54) is 6.92 Å². The molecule has 1 rings (SSSR count). The van der Waals surface area contributed by atoms with Gasteiger partial charge in [-0.3, -0.25) is 4.79 Å². The van der Waals surface area contributed by atoms with E-state index in [2.05, 4.69) is 20.8 Å². The minimum Gasteiger partial charge on any atom is -0.463 e. The predicted octanol–water partition coefficient (Wildman–Crippen LogP) is 2.22. The monoisotopic (exact) mass is 244 g/mol. The average Bonchev–Trinajstić information content (AvgIpc) is 2.28. The van der Waals surface area contributed by atoms with Crippen LogP contribution in [0.4, 0.5) is 0 Å². The molecule has 0 aromatic carbocycles. The van der Waals surface area contributed by atoms with Crippen LogP contribution in [0.3, 0.4) is 0 Å². The van der Waals surface area contributed by atoms with Gasteiger partial charge in [0.15, 0.2) is 6.29 Å². The Hall–Kier alpha value is -0.610. The van der Waals surface area contributed by atoms with Crippen molar-refractivity contribution in [3.8, 4) is 0 Å². The van der Waals surface area contributed by atoms with Crippen molar-refractivity contribution in [2.75, 3.05) is 13.2 Å². The van der Waals surface area contributed by atoms with Gasteiger partial charge in [-0.15, -0.1) is 0 Å². The highest BCUT2D eigenvalue weighted by Crippen LogP contribution is 2.35. The molecule has 0 N–H and O–H groups in total. The summed E-state index contributed by atoms with van der Waals surface area (Å²) in [4.78, 5) is 10.8. The molecule has 1 fully saturated rings. The van der Waals surface area contributed by atoms with Crippen LogP contribution < -0.4 is 0 Å². The maximum Gasteiger partial charge on any atom is 0.302 e. The second-order valence-corrected chi connectivity index (χ2v) is 4.88. The molecule has 0 bridgehead atoms. The molecule has 100 valence electrons. The fourth-order valence-electron chi connectivity index (χ4n) is 2.23. The average molecular weight is 244 g/mol. The van der Waals surface area contributed by atoms with Crippen LogP contribution in [0.15, 0.2) is 0 Å². The van der Waals surface area contributed by atoms with Gasteiger partial charge < -0.3 is 14.2 Å². The van der Waals surface area contributed by atoms with E-state index in [-0.39, 0.29) is 18.4 Å². The molecule has 0 aromatic rings. The summed E-state index contributed by atoms with van der Waals surface area (Å²) in [5.74, 6) is 0.945. The van der Waals surface area contributed by atoms with Crippen LogP contribution in [-0.2, 0) is 19.0 Å². The van der Waals surface area contributed by atoms with Gasteiger partial charge in [-0.2, -0.15) is 0 Å². The molecule has 5 atom stereocenters. The summed E-state index contributed by atoms with van der Waals surface area (Å²) in [7, 11) is 0. The second kappa shape index (κ2) is 6.36. The van der Waals surface area contributed by atoms with Crippen LogP contribution in [0.25, 0.3) is 0 Å². The van der Waals surface area contributed by atoms with Gasteiger partial charge in [-0.1, -0.05) is 20.8 Å². The van der Waals surface area contributed by atoms with Crippen molar-refractivity contribution in [2.45, 2.75) is 47.0 Å². The van der Waals surface area contributed by atoms with Crippen LogP contribution in [0.2, 0.25) is 0 Å². The minimum atomic E-state index is -0.264. The molecule has 2 unspecified atom stereocenters. The Balaban J connectivity index is 2.60. The molecule has 0 aromatic heterocycles. The molecule has 0 amide bonds. The minimum absolute atomic E-state index is 0.0679. The lowest BCUT2D eigenvalue weighted by molar-refractivity contribution is -0.254. The second-order valence-electron chi connectivity index (χ2n) is 4.88. The van der Waals surface area contributed by atoms with Crippen molar-refractivity contribution >= 4 is 5.97 Å². The highest BCUT2D eigenvalue weighted by atomic mass is 16.7. The number of carbonyl (C=O) groups is 1. The fourth-order valence-corrected chi connectivity index (χ4v) is 2.23. The van der Waals surface area contributed by atoms with Crippen LogP contribution in [0, 0.1) is 17.8 Å². The van der Waals surface area contributed by atoms with Gasteiger partial charge in [0.05, 0.1) is 6.10 Å². The first-order chi connectivity index (χ1) is 7.97. The number of rotatable bonds is 4. The van der Waals surface area contributed by atoms with Crippen molar-refractivity contribution in [2.24, 2.45) is 17.8 Å². The van der Waals surface area contributed by atoms with Crippen LogP contribution in [-0.4, -0.2) is 31.6 Å². The zero-order chi connectivity index (χ0) is 13.0. The van der Waals surface area contributed by atoms with E-state index in [4.69, 9.17) is 14.2 Å².